The maximum atomic E-state index is 4.14. The molecule has 0 aliphatic carbocycles. The Labute approximate surface area is 126 Å². The number of hydrogen-bond donors (Lipinski definition) is 1. The van der Waals surface area contributed by atoms with Gasteiger partial charge < -0.3 is 5.32 Å². The third-order valence-electron chi connectivity index (χ3n) is 2.81. The van der Waals surface area contributed by atoms with Crippen LogP contribution < -0.4 is 5.32 Å². The van der Waals surface area contributed by atoms with E-state index in [9.17, 15) is 0 Å². The van der Waals surface area contributed by atoms with Crippen LogP contribution in [0.4, 0.5) is 5.69 Å². The maximum absolute atomic E-state index is 4.14. The molecule has 0 spiro atoms. The SMILES string of the molecule is Cc1nnc(CNc2c(Br)cccc2C(C)(C)C)s1. The maximum Gasteiger partial charge on any atom is 0.136 e. The van der Waals surface area contributed by atoms with Crippen LogP contribution in [0.25, 0.3) is 0 Å². The first kappa shape index (κ1) is 14.5. The predicted octanol–water partition coefficient (Wildman–Crippen LogP) is 4.52. The summed E-state index contributed by atoms with van der Waals surface area (Å²) in [5.74, 6) is 0. The highest BCUT2D eigenvalue weighted by Crippen LogP contribution is 2.35. The fourth-order valence-corrected chi connectivity index (χ4v) is 3.06. The van der Waals surface area contributed by atoms with E-state index in [0.29, 0.717) is 6.54 Å². The molecule has 102 valence electrons. The first-order valence-electron chi connectivity index (χ1n) is 6.20. The minimum Gasteiger partial charge on any atom is -0.377 e. The number of aryl methyl sites for hydroxylation is 1. The molecule has 0 amide bonds. The molecule has 5 heteroatoms. The Bertz CT molecular complexity index is 572. The second-order valence-corrected chi connectivity index (χ2v) is 7.60. The molecule has 1 aromatic heterocycles. The molecule has 0 saturated carbocycles. The van der Waals surface area contributed by atoms with E-state index in [1.807, 2.05) is 6.92 Å². The average molecular weight is 340 g/mol. The number of halogens is 1. The Morgan fingerprint density at radius 3 is 2.58 bits per heavy atom. The Balaban J connectivity index is 2.24. The highest BCUT2D eigenvalue weighted by Gasteiger charge is 2.19. The quantitative estimate of drug-likeness (QED) is 0.893. The summed E-state index contributed by atoms with van der Waals surface area (Å²) in [6, 6.07) is 6.30. The molecule has 2 aromatic rings. The summed E-state index contributed by atoms with van der Waals surface area (Å²) in [5.41, 5.74) is 2.54. The Morgan fingerprint density at radius 1 is 1.26 bits per heavy atom. The molecule has 0 bridgehead atoms. The molecule has 1 heterocycles. The molecule has 19 heavy (non-hydrogen) atoms. The van der Waals surface area contributed by atoms with Crippen LogP contribution in [0, 0.1) is 6.92 Å². The van der Waals surface area contributed by atoms with Crippen LogP contribution in [0.1, 0.15) is 36.3 Å². The summed E-state index contributed by atoms with van der Waals surface area (Å²) in [6.45, 7) is 9.33. The first-order valence-corrected chi connectivity index (χ1v) is 7.81. The molecule has 0 fully saturated rings. The molecule has 0 aliphatic heterocycles. The number of para-hydroxylation sites is 1. The van der Waals surface area contributed by atoms with Crippen LogP contribution in [0.3, 0.4) is 0 Å². The lowest BCUT2D eigenvalue weighted by Crippen LogP contribution is -2.15. The molecular weight excluding hydrogens is 322 g/mol. The van der Waals surface area contributed by atoms with Crippen molar-refractivity contribution in [3.63, 3.8) is 0 Å². The number of hydrogen-bond acceptors (Lipinski definition) is 4. The topological polar surface area (TPSA) is 37.8 Å². The van der Waals surface area contributed by atoms with Gasteiger partial charge in [0, 0.05) is 4.47 Å². The molecular formula is C14H18BrN3S. The smallest absolute Gasteiger partial charge is 0.136 e. The van der Waals surface area contributed by atoms with Crippen molar-refractivity contribution in [2.45, 2.75) is 39.7 Å². The summed E-state index contributed by atoms with van der Waals surface area (Å²) in [7, 11) is 0. The molecule has 1 N–H and O–H groups in total. The van der Waals surface area contributed by atoms with Gasteiger partial charge in [0.2, 0.25) is 0 Å². The number of nitrogens with zero attached hydrogens (tertiary/aromatic N) is 2. The van der Waals surface area contributed by atoms with Crippen LogP contribution in [0.5, 0.6) is 0 Å². The van der Waals surface area contributed by atoms with Gasteiger partial charge in [-0.25, -0.2) is 0 Å². The van der Waals surface area contributed by atoms with Crippen molar-refractivity contribution in [3.05, 3.63) is 38.3 Å². The van der Waals surface area contributed by atoms with Gasteiger partial charge in [0.05, 0.1) is 12.2 Å². The van der Waals surface area contributed by atoms with Gasteiger partial charge in [0.1, 0.15) is 10.0 Å². The van der Waals surface area contributed by atoms with Gasteiger partial charge in [-0.2, -0.15) is 0 Å². The minimum atomic E-state index is 0.100. The summed E-state index contributed by atoms with van der Waals surface area (Å²) in [5, 5.41) is 13.7. The highest BCUT2D eigenvalue weighted by atomic mass is 79.9. The zero-order chi connectivity index (χ0) is 14.0. The molecule has 3 nitrogen and oxygen atoms in total. The summed E-state index contributed by atoms with van der Waals surface area (Å²) < 4.78 is 1.08. The zero-order valence-corrected chi connectivity index (χ0v) is 14.0. The highest BCUT2D eigenvalue weighted by molar-refractivity contribution is 9.10. The number of nitrogens with one attached hydrogen (secondary N) is 1. The van der Waals surface area contributed by atoms with E-state index in [2.05, 4.69) is 70.4 Å². The largest absolute Gasteiger partial charge is 0.377 e. The van der Waals surface area contributed by atoms with E-state index in [4.69, 9.17) is 0 Å². The Hall–Kier alpha value is -0.940. The second-order valence-electron chi connectivity index (χ2n) is 5.48. The van der Waals surface area contributed by atoms with Gasteiger partial charge in [-0.15, -0.1) is 10.2 Å². The van der Waals surface area contributed by atoms with Crippen molar-refractivity contribution in [3.8, 4) is 0 Å². The van der Waals surface area contributed by atoms with E-state index in [1.165, 1.54) is 5.56 Å². The van der Waals surface area contributed by atoms with Crippen LogP contribution in [-0.4, -0.2) is 10.2 Å². The van der Waals surface area contributed by atoms with E-state index in [0.717, 1.165) is 20.2 Å². The third-order valence-corrected chi connectivity index (χ3v) is 4.31. The van der Waals surface area contributed by atoms with Crippen molar-refractivity contribution in [1.82, 2.24) is 10.2 Å². The lowest BCUT2D eigenvalue weighted by molar-refractivity contribution is 0.591. The molecule has 1 aromatic carbocycles. The number of benzene rings is 1. The van der Waals surface area contributed by atoms with Gasteiger partial charge in [-0.05, 0) is 39.9 Å². The summed E-state index contributed by atoms with van der Waals surface area (Å²) in [6.07, 6.45) is 0. The third kappa shape index (κ3) is 3.54. The average Bonchev–Trinajstić information content (AvgIpc) is 2.72. The van der Waals surface area contributed by atoms with Gasteiger partial charge in [0.15, 0.2) is 0 Å². The molecule has 0 saturated heterocycles. The lowest BCUT2D eigenvalue weighted by atomic mass is 9.86. The normalized spacial score (nSPS) is 11.6. The second kappa shape index (κ2) is 5.59. The Morgan fingerprint density at radius 2 is 2.00 bits per heavy atom. The molecule has 0 aliphatic rings. The van der Waals surface area contributed by atoms with Crippen molar-refractivity contribution < 1.29 is 0 Å². The van der Waals surface area contributed by atoms with Crippen molar-refractivity contribution in [2.24, 2.45) is 0 Å². The van der Waals surface area contributed by atoms with Gasteiger partial charge in [0.25, 0.3) is 0 Å². The Kier molecular flexibility index (Phi) is 4.26. The molecule has 0 radical (unpaired) electrons. The molecule has 0 unspecified atom stereocenters. The van der Waals surface area contributed by atoms with Crippen molar-refractivity contribution in [1.29, 1.82) is 0 Å². The van der Waals surface area contributed by atoms with Crippen molar-refractivity contribution >= 4 is 33.0 Å². The number of rotatable bonds is 3. The summed E-state index contributed by atoms with van der Waals surface area (Å²) in [4.78, 5) is 0. The van der Waals surface area contributed by atoms with Crippen LogP contribution in [0.2, 0.25) is 0 Å². The summed E-state index contributed by atoms with van der Waals surface area (Å²) >= 11 is 5.25. The van der Waals surface area contributed by atoms with E-state index >= 15 is 0 Å². The van der Waals surface area contributed by atoms with Crippen LogP contribution in [0.15, 0.2) is 22.7 Å². The van der Waals surface area contributed by atoms with Crippen LogP contribution >= 0.6 is 27.3 Å². The van der Waals surface area contributed by atoms with Gasteiger partial charge >= 0.3 is 0 Å². The number of anilines is 1. The van der Waals surface area contributed by atoms with Gasteiger partial charge in [-0.1, -0.05) is 44.2 Å². The van der Waals surface area contributed by atoms with E-state index in [1.54, 1.807) is 11.3 Å². The molecule has 0 atom stereocenters. The fraction of sp³-hybridized carbons (Fsp3) is 0.429. The van der Waals surface area contributed by atoms with E-state index < -0.39 is 0 Å². The van der Waals surface area contributed by atoms with Gasteiger partial charge in [-0.3, -0.25) is 0 Å². The van der Waals surface area contributed by atoms with E-state index in [-0.39, 0.29) is 5.41 Å². The minimum absolute atomic E-state index is 0.100. The van der Waals surface area contributed by atoms with Crippen LogP contribution in [-0.2, 0) is 12.0 Å². The number of aromatic nitrogens is 2. The van der Waals surface area contributed by atoms with Crippen molar-refractivity contribution in [2.75, 3.05) is 5.32 Å². The zero-order valence-electron chi connectivity index (χ0n) is 11.6. The molecule has 2 rings (SSSR count). The fourth-order valence-electron chi connectivity index (χ4n) is 1.90. The first-order chi connectivity index (χ1) is 8.88. The lowest BCUT2D eigenvalue weighted by Gasteiger charge is -2.24. The monoisotopic (exact) mass is 339 g/mol. The predicted molar refractivity (Wildman–Crippen MR) is 84.8 cm³/mol. The standard InChI is InChI=1S/C14H18BrN3S/c1-9-17-18-12(19-9)8-16-13-10(14(2,3)4)6-5-7-11(13)15/h5-7,16H,8H2,1-4H3.